The predicted octanol–water partition coefficient (Wildman–Crippen LogP) is -0.310. The van der Waals surface area contributed by atoms with Gasteiger partial charge in [-0.05, 0) is 19.3 Å². The Labute approximate surface area is 102 Å². The van der Waals surface area contributed by atoms with E-state index in [1.54, 1.807) is 7.11 Å². The minimum atomic E-state index is 0.0755. The highest BCUT2D eigenvalue weighted by atomic mass is 16.5. The maximum atomic E-state index is 12.0. The average molecular weight is 242 g/mol. The van der Waals surface area contributed by atoms with Crippen LogP contribution in [0.3, 0.4) is 0 Å². The SMILES string of the molecule is CO[C@H]1C[C@@H](CO)N(CC(=O)N2CCCC2)C1. The Bertz CT molecular complexity index is 266. The standard InChI is InChI=1S/C12H22N2O3/c1-17-11-6-10(9-15)14(7-11)8-12(16)13-4-2-3-5-13/h10-11,15H,2-9H2,1H3/t10-,11-/m0/s1. The fraction of sp³-hybridized carbons (Fsp3) is 0.917. The molecule has 0 saturated carbocycles. The largest absolute Gasteiger partial charge is 0.395 e. The number of carbonyl (C=O) groups is 1. The molecule has 17 heavy (non-hydrogen) atoms. The molecule has 0 aromatic rings. The summed E-state index contributed by atoms with van der Waals surface area (Å²) in [5.41, 5.74) is 0. The number of carbonyl (C=O) groups excluding carboxylic acids is 1. The zero-order valence-electron chi connectivity index (χ0n) is 10.5. The van der Waals surface area contributed by atoms with Crippen LogP contribution in [0.1, 0.15) is 19.3 Å². The Morgan fingerprint density at radius 3 is 2.71 bits per heavy atom. The molecule has 1 N–H and O–H groups in total. The van der Waals surface area contributed by atoms with E-state index in [2.05, 4.69) is 4.90 Å². The normalized spacial score (nSPS) is 30.1. The number of aliphatic hydroxyl groups excluding tert-OH is 1. The van der Waals surface area contributed by atoms with Crippen LogP contribution in [0.5, 0.6) is 0 Å². The quantitative estimate of drug-likeness (QED) is 0.735. The van der Waals surface area contributed by atoms with Gasteiger partial charge in [-0.25, -0.2) is 0 Å². The third-order valence-electron chi connectivity index (χ3n) is 3.83. The number of ether oxygens (including phenoxy) is 1. The molecule has 2 aliphatic rings. The summed E-state index contributed by atoms with van der Waals surface area (Å²) in [7, 11) is 1.69. The van der Waals surface area contributed by atoms with Crippen molar-refractivity contribution in [3.05, 3.63) is 0 Å². The summed E-state index contributed by atoms with van der Waals surface area (Å²) in [4.78, 5) is 16.0. The van der Waals surface area contributed by atoms with Gasteiger partial charge in [0.25, 0.3) is 0 Å². The van der Waals surface area contributed by atoms with Crippen molar-refractivity contribution in [1.29, 1.82) is 0 Å². The van der Waals surface area contributed by atoms with Gasteiger partial charge in [0.05, 0.1) is 19.3 Å². The van der Waals surface area contributed by atoms with Gasteiger partial charge >= 0.3 is 0 Å². The number of hydrogen-bond donors (Lipinski definition) is 1. The Balaban J connectivity index is 1.86. The van der Waals surface area contributed by atoms with Crippen LogP contribution in [0, 0.1) is 0 Å². The van der Waals surface area contributed by atoms with E-state index in [1.807, 2.05) is 4.90 Å². The summed E-state index contributed by atoms with van der Waals surface area (Å²) in [5.74, 6) is 0.192. The Hall–Kier alpha value is -0.650. The summed E-state index contributed by atoms with van der Waals surface area (Å²) in [6.45, 7) is 3.06. The van der Waals surface area contributed by atoms with Crippen LogP contribution in [0.25, 0.3) is 0 Å². The van der Waals surface area contributed by atoms with E-state index < -0.39 is 0 Å². The van der Waals surface area contributed by atoms with Gasteiger partial charge in [0.15, 0.2) is 0 Å². The summed E-state index contributed by atoms with van der Waals surface area (Å²) in [6, 6.07) is 0.0755. The van der Waals surface area contributed by atoms with Crippen LogP contribution in [-0.4, -0.2) is 72.9 Å². The Kier molecular flexibility index (Phi) is 4.36. The van der Waals surface area contributed by atoms with Crippen LogP contribution >= 0.6 is 0 Å². The molecule has 0 aromatic heterocycles. The molecule has 5 heteroatoms. The molecule has 2 aliphatic heterocycles. The summed E-state index contributed by atoms with van der Waals surface area (Å²) >= 11 is 0. The van der Waals surface area contributed by atoms with Crippen LogP contribution in [0.2, 0.25) is 0 Å². The molecule has 0 unspecified atom stereocenters. The molecule has 0 spiro atoms. The lowest BCUT2D eigenvalue weighted by Crippen LogP contribution is -2.42. The molecule has 98 valence electrons. The van der Waals surface area contributed by atoms with Crippen LogP contribution < -0.4 is 0 Å². The van der Waals surface area contributed by atoms with Gasteiger partial charge in [0, 0.05) is 32.8 Å². The molecule has 2 saturated heterocycles. The second-order valence-electron chi connectivity index (χ2n) is 4.95. The minimum Gasteiger partial charge on any atom is -0.395 e. The first-order valence-corrected chi connectivity index (χ1v) is 6.40. The molecule has 2 atom stereocenters. The lowest BCUT2D eigenvalue weighted by atomic mass is 10.2. The lowest BCUT2D eigenvalue weighted by molar-refractivity contribution is -0.131. The van der Waals surface area contributed by atoms with Gasteiger partial charge in [0.2, 0.25) is 5.91 Å². The van der Waals surface area contributed by atoms with Gasteiger partial charge in [-0.2, -0.15) is 0 Å². The van der Waals surface area contributed by atoms with Gasteiger partial charge < -0.3 is 14.7 Å². The van der Waals surface area contributed by atoms with E-state index in [9.17, 15) is 9.90 Å². The van der Waals surface area contributed by atoms with Gasteiger partial charge in [-0.1, -0.05) is 0 Å². The maximum Gasteiger partial charge on any atom is 0.236 e. The lowest BCUT2D eigenvalue weighted by Gasteiger charge is -2.24. The number of aliphatic hydroxyl groups is 1. The monoisotopic (exact) mass is 242 g/mol. The number of methoxy groups -OCH3 is 1. The molecule has 5 nitrogen and oxygen atoms in total. The summed E-state index contributed by atoms with van der Waals surface area (Å²) in [5, 5.41) is 9.31. The molecule has 2 fully saturated rings. The van der Waals surface area contributed by atoms with Crippen molar-refractivity contribution >= 4 is 5.91 Å². The highest BCUT2D eigenvalue weighted by molar-refractivity contribution is 5.78. The van der Waals surface area contributed by atoms with Crippen LogP contribution in [0.15, 0.2) is 0 Å². The number of nitrogens with zero attached hydrogens (tertiary/aromatic N) is 2. The first-order chi connectivity index (χ1) is 8.24. The van der Waals surface area contributed by atoms with Crippen molar-refractivity contribution in [1.82, 2.24) is 9.80 Å². The highest BCUT2D eigenvalue weighted by Gasteiger charge is 2.33. The van der Waals surface area contributed by atoms with Crippen molar-refractivity contribution in [3.63, 3.8) is 0 Å². The van der Waals surface area contributed by atoms with E-state index >= 15 is 0 Å². The number of rotatable bonds is 4. The molecule has 0 aromatic carbocycles. The summed E-state index contributed by atoms with van der Waals surface area (Å²) in [6.07, 6.45) is 3.21. The molecular weight excluding hydrogens is 220 g/mol. The minimum absolute atomic E-state index is 0.0755. The second-order valence-corrected chi connectivity index (χ2v) is 4.95. The molecule has 2 heterocycles. The summed E-state index contributed by atoms with van der Waals surface area (Å²) < 4.78 is 5.30. The van der Waals surface area contributed by atoms with Crippen LogP contribution in [0.4, 0.5) is 0 Å². The molecular formula is C12H22N2O3. The Morgan fingerprint density at radius 2 is 2.12 bits per heavy atom. The molecule has 0 bridgehead atoms. The molecule has 1 amide bonds. The predicted molar refractivity (Wildman–Crippen MR) is 63.7 cm³/mol. The fourth-order valence-corrected chi connectivity index (χ4v) is 2.73. The fourth-order valence-electron chi connectivity index (χ4n) is 2.73. The van der Waals surface area contributed by atoms with Gasteiger partial charge in [0.1, 0.15) is 0 Å². The van der Waals surface area contributed by atoms with E-state index in [-0.39, 0.29) is 24.7 Å². The van der Waals surface area contributed by atoms with Crippen molar-refractivity contribution < 1.29 is 14.6 Å². The Morgan fingerprint density at radius 1 is 1.41 bits per heavy atom. The molecule has 0 aliphatic carbocycles. The highest BCUT2D eigenvalue weighted by Crippen LogP contribution is 2.20. The topological polar surface area (TPSA) is 53.0 Å². The van der Waals surface area contributed by atoms with Crippen LogP contribution in [-0.2, 0) is 9.53 Å². The first kappa shape index (κ1) is 12.8. The maximum absolute atomic E-state index is 12.0. The zero-order chi connectivity index (χ0) is 12.3. The number of likely N-dealkylation sites (tertiary alicyclic amines) is 2. The van der Waals surface area contributed by atoms with Gasteiger partial charge in [-0.3, -0.25) is 9.69 Å². The number of amides is 1. The van der Waals surface area contributed by atoms with E-state index in [0.29, 0.717) is 6.54 Å². The smallest absolute Gasteiger partial charge is 0.236 e. The first-order valence-electron chi connectivity index (χ1n) is 6.40. The van der Waals surface area contributed by atoms with Crippen molar-refractivity contribution in [2.24, 2.45) is 0 Å². The van der Waals surface area contributed by atoms with Gasteiger partial charge in [-0.15, -0.1) is 0 Å². The zero-order valence-corrected chi connectivity index (χ0v) is 10.5. The number of hydrogen-bond acceptors (Lipinski definition) is 4. The van der Waals surface area contributed by atoms with E-state index in [1.165, 1.54) is 0 Å². The van der Waals surface area contributed by atoms with E-state index in [4.69, 9.17) is 4.74 Å². The molecule has 0 radical (unpaired) electrons. The third kappa shape index (κ3) is 2.97. The average Bonchev–Trinajstić information content (AvgIpc) is 2.97. The third-order valence-corrected chi connectivity index (χ3v) is 3.83. The van der Waals surface area contributed by atoms with E-state index in [0.717, 1.165) is 38.9 Å². The van der Waals surface area contributed by atoms with Crippen molar-refractivity contribution in [2.75, 3.05) is 39.9 Å². The molecule has 2 rings (SSSR count). The second kappa shape index (κ2) is 5.80. The van der Waals surface area contributed by atoms with Crippen molar-refractivity contribution in [2.45, 2.75) is 31.4 Å². The van der Waals surface area contributed by atoms with Crippen molar-refractivity contribution in [3.8, 4) is 0 Å².